The summed E-state index contributed by atoms with van der Waals surface area (Å²) in [5, 5.41) is 13.7. The lowest BCUT2D eigenvalue weighted by Crippen LogP contribution is -2.23. The molecule has 0 aliphatic heterocycles. The molecule has 1 rings (SSSR count). The molecule has 0 aliphatic rings. The first-order valence-electron chi connectivity index (χ1n) is 6.32. The second kappa shape index (κ2) is 6.59. The summed E-state index contributed by atoms with van der Waals surface area (Å²) in [6, 6.07) is 0. The molecule has 5 nitrogen and oxygen atoms in total. The van der Waals surface area contributed by atoms with Crippen molar-refractivity contribution in [3.63, 3.8) is 0 Å². The minimum atomic E-state index is -0.403. The van der Waals surface area contributed by atoms with Crippen molar-refractivity contribution in [2.24, 2.45) is 5.92 Å². The van der Waals surface area contributed by atoms with Crippen LogP contribution in [-0.2, 0) is 6.42 Å². The molecule has 1 heterocycles. The number of aliphatic hydroxyl groups is 1. The van der Waals surface area contributed by atoms with Gasteiger partial charge in [0.05, 0.1) is 12.5 Å². The Labute approximate surface area is 103 Å². The van der Waals surface area contributed by atoms with E-state index >= 15 is 0 Å². The summed E-state index contributed by atoms with van der Waals surface area (Å²) in [7, 11) is 0. The van der Waals surface area contributed by atoms with E-state index in [4.69, 9.17) is 4.52 Å². The molecule has 5 heteroatoms. The Morgan fingerprint density at radius 2 is 1.94 bits per heavy atom. The van der Waals surface area contributed by atoms with Crippen molar-refractivity contribution in [1.82, 2.24) is 10.1 Å². The number of aliphatic hydroxyl groups excluding tert-OH is 1. The highest BCUT2D eigenvalue weighted by Crippen LogP contribution is 2.13. The largest absolute Gasteiger partial charge is 0.393 e. The molecule has 1 unspecified atom stereocenters. The van der Waals surface area contributed by atoms with E-state index in [9.17, 15) is 5.11 Å². The van der Waals surface area contributed by atoms with Crippen LogP contribution in [-0.4, -0.2) is 34.4 Å². The highest BCUT2D eigenvalue weighted by molar-refractivity contribution is 5.26. The van der Waals surface area contributed by atoms with Crippen molar-refractivity contribution in [3.8, 4) is 0 Å². The number of hydrogen-bond acceptors (Lipinski definition) is 5. The van der Waals surface area contributed by atoms with Crippen molar-refractivity contribution >= 4 is 5.95 Å². The number of nitrogens with zero attached hydrogens (tertiary/aromatic N) is 3. The molecular weight excluding hydrogens is 218 g/mol. The van der Waals surface area contributed by atoms with Gasteiger partial charge in [-0.15, -0.1) is 0 Å². The van der Waals surface area contributed by atoms with E-state index in [2.05, 4.69) is 24.0 Å². The van der Waals surface area contributed by atoms with Gasteiger partial charge >= 0.3 is 0 Å². The van der Waals surface area contributed by atoms with Gasteiger partial charge in [0.1, 0.15) is 0 Å². The number of hydrogen-bond donors (Lipinski definition) is 1. The van der Waals surface area contributed by atoms with Crippen LogP contribution in [0.15, 0.2) is 4.52 Å². The van der Waals surface area contributed by atoms with Crippen molar-refractivity contribution in [1.29, 1.82) is 0 Å². The zero-order valence-corrected chi connectivity index (χ0v) is 11.2. The average Bonchev–Trinajstić information content (AvgIpc) is 2.67. The molecule has 0 fully saturated rings. The van der Waals surface area contributed by atoms with Crippen LogP contribution in [0.2, 0.25) is 0 Å². The van der Waals surface area contributed by atoms with Crippen molar-refractivity contribution in [2.75, 3.05) is 18.0 Å². The monoisotopic (exact) mass is 241 g/mol. The molecular formula is C12H23N3O2. The SMILES string of the molecule is CCN(CC)c1noc(CC(O)CC(C)C)n1. The molecule has 0 saturated carbocycles. The Balaban J connectivity index is 2.56. The summed E-state index contributed by atoms with van der Waals surface area (Å²) in [5.74, 6) is 1.59. The Bertz CT molecular complexity index is 321. The van der Waals surface area contributed by atoms with E-state index < -0.39 is 6.10 Å². The number of anilines is 1. The molecule has 1 atom stereocenters. The van der Waals surface area contributed by atoms with Gasteiger partial charge in [-0.25, -0.2) is 0 Å². The number of rotatable bonds is 7. The van der Waals surface area contributed by atoms with Gasteiger partial charge in [-0.05, 0) is 31.3 Å². The van der Waals surface area contributed by atoms with Crippen LogP contribution in [0.5, 0.6) is 0 Å². The minimum absolute atomic E-state index is 0.403. The van der Waals surface area contributed by atoms with Crippen LogP contribution < -0.4 is 4.90 Å². The van der Waals surface area contributed by atoms with Crippen molar-refractivity contribution in [3.05, 3.63) is 5.89 Å². The maximum atomic E-state index is 9.79. The molecule has 0 bridgehead atoms. The third kappa shape index (κ3) is 4.34. The van der Waals surface area contributed by atoms with Gasteiger partial charge in [0.25, 0.3) is 5.95 Å². The zero-order valence-electron chi connectivity index (χ0n) is 11.2. The summed E-state index contributed by atoms with van der Waals surface area (Å²) < 4.78 is 5.14. The molecule has 0 spiro atoms. The Morgan fingerprint density at radius 3 is 2.47 bits per heavy atom. The van der Waals surface area contributed by atoms with E-state index in [-0.39, 0.29) is 0 Å². The van der Waals surface area contributed by atoms with E-state index in [1.54, 1.807) is 0 Å². The Hall–Kier alpha value is -1.10. The van der Waals surface area contributed by atoms with Gasteiger partial charge in [-0.2, -0.15) is 4.98 Å². The lowest BCUT2D eigenvalue weighted by atomic mass is 10.0. The molecule has 1 aromatic heterocycles. The quantitative estimate of drug-likeness (QED) is 0.789. The summed E-state index contributed by atoms with van der Waals surface area (Å²) in [6.45, 7) is 9.96. The van der Waals surface area contributed by atoms with E-state index in [0.717, 1.165) is 19.5 Å². The van der Waals surface area contributed by atoms with E-state index in [1.165, 1.54) is 0 Å². The Kier molecular flexibility index (Phi) is 5.41. The fraction of sp³-hybridized carbons (Fsp3) is 0.833. The highest BCUT2D eigenvalue weighted by atomic mass is 16.5. The topological polar surface area (TPSA) is 62.4 Å². The minimum Gasteiger partial charge on any atom is -0.393 e. The zero-order chi connectivity index (χ0) is 12.8. The van der Waals surface area contributed by atoms with Crippen LogP contribution in [0.25, 0.3) is 0 Å². The maximum Gasteiger partial charge on any atom is 0.266 e. The Morgan fingerprint density at radius 1 is 1.29 bits per heavy atom. The van der Waals surface area contributed by atoms with Crippen LogP contribution in [0.4, 0.5) is 5.95 Å². The second-order valence-electron chi connectivity index (χ2n) is 4.65. The third-order valence-electron chi connectivity index (χ3n) is 2.66. The summed E-state index contributed by atoms with van der Waals surface area (Å²) in [4.78, 5) is 6.30. The summed E-state index contributed by atoms with van der Waals surface area (Å²) in [5.41, 5.74) is 0. The fourth-order valence-electron chi connectivity index (χ4n) is 1.79. The standard InChI is InChI=1S/C12H23N3O2/c1-5-15(6-2)12-13-11(17-14-12)8-10(16)7-9(3)4/h9-10,16H,5-8H2,1-4H3. The van der Waals surface area contributed by atoms with E-state index in [1.807, 2.05) is 18.7 Å². The number of aromatic nitrogens is 2. The fourth-order valence-corrected chi connectivity index (χ4v) is 1.79. The van der Waals surface area contributed by atoms with Crippen molar-refractivity contribution in [2.45, 2.75) is 46.6 Å². The van der Waals surface area contributed by atoms with Crippen LogP contribution >= 0.6 is 0 Å². The second-order valence-corrected chi connectivity index (χ2v) is 4.65. The predicted octanol–water partition coefficient (Wildman–Crippen LogP) is 1.87. The summed E-state index contributed by atoms with van der Waals surface area (Å²) in [6.07, 6.45) is 0.787. The third-order valence-corrected chi connectivity index (χ3v) is 2.66. The molecule has 0 saturated heterocycles. The molecule has 0 radical (unpaired) electrons. The van der Waals surface area contributed by atoms with Crippen LogP contribution in [0.1, 0.15) is 40.0 Å². The van der Waals surface area contributed by atoms with E-state index in [0.29, 0.717) is 24.2 Å². The summed E-state index contributed by atoms with van der Waals surface area (Å²) >= 11 is 0. The first kappa shape index (κ1) is 14.0. The molecule has 1 aromatic rings. The van der Waals surface area contributed by atoms with Crippen molar-refractivity contribution < 1.29 is 9.63 Å². The lowest BCUT2D eigenvalue weighted by Gasteiger charge is -2.14. The molecule has 0 amide bonds. The molecule has 0 aromatic carbocycles. The van der Waals surface area contributed by atoms with Crippen LogP contribution in [0.3, 0.4) is 0 Å². The normalized spacial score (nSPS) is 13.1. The molecule has 17 heavy (non-hydrogen) atoms. The van der Waals surface area contributed by atoms with Gasteiger partial charge < -0.3 is 14.5 Å². The molecule has 1 N–H and O–H groups in total. The lowest BCUT2D eigenvalue weighted by molar-refractivity contribution is 0.138. The van der Waals surface area contributed by atoms with Gasteiger partial charge in [0, 0.05) is 13.1 Å². The van der Waals surface area contributed by atoms with Gasteiger partial charge in [-0.3, -0.25) is 0 Å². The van der Waals surface area contributed by atoms with Gasteiger partial charge in [-0.1, -0.05) is 13.8 Å². The highest BCUT2D eigenvalue weighted by Gasteiger charge is 2.15. The maximum absolute atomic E-state index is 9.79. The molecule has 98 valence electrons. The predicted molar refractivity (Wildman–Crippen MR) is 67.0 cm³/mol. The van der Waals surface area contributed by atoms with Crippen LogP contribution in [0, 0.1) is 5.92 Å². The average molecular weight is 241 g/mol. The van der Waals surface area contributed by atoms with Gasteiger partial charge in [0.15, 0.2) is 0 Å². The van der Waals surface area contributed by atoms with Gasteiger partial charge in [0.2, 0.25) is 5.89 Å². The smallest absolute Gasteiger partial charge is 0.266 e. The molecule has 0 aliphatic carbocycles. The first-order valence-corrected chi connectivity index (χ1v) is 6.32. The first-order chi connectivity index (χ1) is 8.06.